The van der Waals surface area contributed by atoms with Crippen LogP contribution >= 0.6 is 0 Å². The summed E-state index contributed by atoms with van der Waals surface area (Å²) < 4.78 is 14.0. The van der Waals surface area contributed by atoms with Gasteiger partial charge in [0.15, 0.2) is 0 Å². The number of carbonyl (C=O) groups is 3. The zero-order valence-corrected chi connectivity index (χ0v) is 33.4. The van der Waals surface area contributed by atoms with Crippen LogP contribution in [0.25, 0.3) is 0 Å². The van der Waals surface area contributed by atoms with Crippen molar-refractivity contribution in [2.75, 3.05) is 31.6 Å². The average Bonchev–Trinajstić information content (AvgIpc) is 3.85. The zero-order chi connectivity index (χ0) is 39.3. The maximum atomic E-state index is 13.2. The van der Waals surface area contributed by atoms with Crippen LogP contribution < -0.4 is 5.32 Å². The number of nitrogens with zero attached hydrogens (tertiary/aromatic N) is 6. The van der Waals surface area contributed by atoms with Crippen LogP contribution in [0, 0.1) is 0 Å². The number of carbonyl (C=O) groups excluding carboxylic acids is 3. The number of imidazole rings is 2. The van der Waals surface area contributed by atoms with Gasteiger partial charge in [-0.15, -0.1) is 0 Å². The average molecular weight is 756 g/mol. The first-order chi connectivity index (χ1) is 26.8. The molecule has 0 unspecified atom stereocenters. The van der Waals surface area contributed by atoms with Gasteiger partial charge < -0.3 is 14.8 Å². The summed E-state index contributed by atoms with van der Waals surface area (Å²) in [5.41, 5.74) is 3.42. The van der Waals surface area contributed by atoms with Gasteiger partial charge >= 0.3 is 12.2 Å². The van der Waals surface area contributed by atoms with E-state index in [1.165, 1.54) is 14.7 Å². The predicted molar refractivity (Wildman–Crippen MR) is 216 cm³/mol. The minimum absolute atomic E-state index is 0.194. The molecule has 12 nitrogen and oxygen atoms in total. The van der Waals surface area contributed by atoms with E-state index in [0.29, 0.717) is 37.0 Å². The van der Waals surface area contributed by atoms with Crippen LogP contribution in [0.4, 0.5) is 15.3 Å². The molecule has 0 aliphatic carbocycles. The van der Waals surface area contributed by atoms with Gasteiger partial charge in [0.05, 0.1) is 26.3 Å². The minimum atomic E-state index is -0.475. The Labute approximate surface area is 327 Å². The Morgan fingerprint density at radius 2 is 1.05 bits per heavy atom. The molecule has 2 aromatic carbocycles. The molecule has 0 saturated heterocycles. The molecule has 4 aromatic rings. The van der Waals surface area contributed by atoms with Gasteiger partial charge in [-0.25, -0.2) is 28.7 Å². The smallest absolute Gasteiger partial charge is 0.419 e. The van der Waals surface area contributed by atoms with Gasteiger partial charge in [0.25, 0.3) is 5.91 Å². The highest BCUT2D eigenvalue weighted by molar-refractivity contribution is 6.04. The van der Waals surface area contributed by atoms with Crippen molar-refractivity contribution in [3.63, 3.8) is 0 Å². The molecule has 0 fully saturated rings. The number of hydrogen-bond donors (Lipinski definition) is 1. The molecule has 2 heterocycles. The van der Waals surface area contributed by atoms with Crippen molar-refractivity contribution >= 4 is 23.8 Å². The summed E-state index contributed by atoms with van der Waals surface area (Å²) in [5.74, 6) is 0.807. The first kappa shape index (κ1) is 42.9. The number of aromatic nitrogens is 4. The maximum absolute atomic E-state index is 13.2. The highest BCUT2D eigenvalue weighted by atomic mass is 16.6. The van der Waals surface area contributed by atoms with Crippen molar-refractivity contribution in [3.05, 3.63) is 102 Å². The highest BCUT2D eigenvalue weighted by Crippen LogP contribution is 2.18. The number of anilines is 1. The van der Waals surface area contributed by atoms with Crippen LogP contribution in [0.2, 0.25) is 0 Å². The van der Waals surface area contributed by atoms with Crippen molar-refractivity contribution in [2.24, 2.45) is 0 Å². The summed E-state index contributed by atoms with van der Waals surface area (Å²) >= 11 is 0. The number of nitrogens with one attached hydrogen (secondary N) is 1. The van der Waals surface area contributed by atoms with E-state index in [1.807, 2.05) is 29.2 Å². The van der Waals surface area contributed by atoms with E-state index in [2.05, 4.69) is 60.0 Å². The number of unbranched alkanes of at least 4 members (excludes halogenated alkanes) is 6. The van der Waals surface area contributed by atoms with Gasteiger partial charge in [-0.3, -0.25) is 14.6 Å². The lowest BCUT2D eigenvalue weighted by Gasteiger charge is -2.22. The third kappa shape index (κ3) is 14.4. The quantitative estimate of drug-likeness (QED) is 0.0697. The summed E-state index contributed by atoms with van der Waals surface area (Å²) in [4.78, 5) is 52.7. The van der Waals surface area contributed by atoms with Gasteiger partial charge in [-0.2, -0.15) is 0 Å². The molecule has 0 bridgehead atoms. The van der Waals surface area contributed by atoms with Crippen molar-refractivity contribution in [1.82, 2.24) is 28.9 Å². The molecular formula is C43H61N7O5. The molecule has 4 rings (SSSR count). The number of benzene rings is 2. The molecule has 2 aromatic heterocycles. The summed E-state index contributed by atoms with van der Waals surface area (Å²) in [6.07, 6.45) is 15.7. The third-order valence-corrected chi connectivity index (χ3v) is 9.33. The van der Waals surface area contributed by atoms with E-state index in [9.17, 15) is 14.4 Å². The standard InChI is InChI=1S/C43H61N7O5/c1-5-9-11-13-29-54-42(52)49-27-23-44-39(49)33-48(34-40-45-24-28-50(40)43(53)55-30-14-12-10-6-2)32-35-15-19-37(20-16-35)41(51)46-38-21-17-36(18-22-38)31-47(25-7-3)26-8-4/h15-24,27-28H,5-14,25-26,29-34H2,1-4H3,(H,46,51). The van der Waals surface area contributed by atoms with Crippen molar-refractivity contribution < 1.29 is 23.9 Å². The van der Waals surface area contributed by atoms with E-state index < -0.39 is 12.2 Å². The van der Waals surface area contributed by atoms with Crippen molar-refractivity contribution in [1.29, 1.82) is 0 Å². The van der Waals surface area contributed by atoms with Gasteiger partial charge in [-0.05, 0) is 74.2 Å². The molecular weight excluding hydrogens is 695 g/mol. The Morgan fingerprint density at radius 1 is 0.582 bits per heavy atom. The van der Waals surface area contributed by atoms with Crippen molar-refractivity contribution in [2.45, 2.75) is 118 Å². The van der Waals surface area contributed by atoms with Crippen LogP contribution in [-0.4, -0.2) is 73.3 Å². The SMILES string of the molecule is CCCCCCOC(=O)n1ccnc1CN(Cc1ccc(C(=O)Nc2ccc(CN(CCC)CCC)cc2)cc1)Cc1nccn1C(=O)OCCCCCC. The normalized spacial score (nSPS) is 11.3. The van der Waals surface area contributed by atoms with Crippen LogP contribution in [0.3, 0.4) is 0 Å². The molecule has 0 aliphatic heterocycles. The first-order valence-corrected chi connectivity index (χ1v) is 20.2. The second-order valence-electron chi connectivity index (χ2n) is 14.0. The van der Waals surface area contributed by atoms with Crippen LogP contribution in [0.1, 0.15) is 125 Å². The fraction of sp³-hybridized carbons (Fsp3) is 0.512. The molecule has 12 heteroatoms. The molecule has 1 amide bonds. The Morgan fingerprint density at radius 3 is 1.53 bits per heavy atom. The van der Waals surface area contributed by atoms with Crippen LogP contribution in [-0.2, 0) is 35.7 Å². The number of ether oxygens (including phenoxy) is 2. The molecule has 0 radical (unpaired) electrons. The molecule has 298 valence electrons. The van der Waals surface area contributed by atoms with E-state index in [-0.39, 0.29) is 19.0 Å². The minimum Gasteiger partial charge on any atom is -0.449 e. The lowest BCUT2D eigenvalue weighted by atomic mass is 10.1. The molecule has 0 saturated carbocycles. The Bertz CT molecular complexity index is 1650. The Hall–Kier alpha value is -4.81. The van der Waals surface area contributed by atoms with Crippen LogP contribution in [0.15, 0.2) is 73.3 Å². The largest absolute Gasteiger partial charge is 0.449 e. The van der Waals surface area contributed by atoms with E-state index in [1.54, 1.807) is 36.9 Å². The topological polar surface area (TPSA) is 124 Å². The van der Waals surface area contributed by atoms with Crippen molar-refractivity contribution in [3.8, 4) is 0 Å². The van der Waals surface area contributed by atoms with Crippen LogP contribution in [0.5, 0.6) is 0 Å². The molecule has 0 spiro atoms. The second-order valence-corrected chi connectivity index (χ2v) is 14.0. The summed E-state index contributed by atoms with van der Waals surface area (Å²) in [5, 5.41) is 3.02. The summed E-state index contributed by atoms with van der Waals surface area (Å²) in [6, 6.07) is 15.5. The molecule has 0 aliphatic rings. The molecule has 55 heavy (non-hydrogen) atoms. The lowest BCUT2D eigenvalue weighted by molar-refractivity contribution is 0.102. The monoisotopic (exact) mass is 755 g/mol. The number of rotatable bonds is 24. The highest BCUT2D eigenvalue weighted by Gasteiger charge is 2.20. The number of amides is 1. The fourth-order valence-electron chi connectivity index (χ4n) is 6.40. The second kappa shape index (κ2) is 23.9. The predicted octanol–water partition coefficient (Wildman–Crippen LogP) is 9.29. The van der Waals surface area contributed by atoms with Gasteiger partial charge in [0.1, 0.15) is 11.6 Å². The Kier molecular flexibility index (Phi) is 18.6. The lowest BCUT2D eigenvalue weighted by Crippen LogP contribution is -2.28. The van der Waals surface area contributed by atoms with Gasteiger partial charge in [0.2, 0.25) is 0 Å². The van der Waals surface area contributed by atoms with E-state index in [0.717, 1.165) is 95.1 Å². The first-order valence-electron chi connectivity index (χ1n) is 20.2. The third-order valence-electron chi connectivity index (χ3n) is 9.33. The Balaban J connectivity index is 1.44. The van der Waals surface area contributed by atoms with E-state index in [4.69, 9.17) is 9.47 Å². The van der Waals surface area contributed by atoms with Gasteiger partial charge in [0, 0.05) is 49.1 Å². The maximum Gasteiger partial charge on any atom is 0.419 e. The summed E-state index contributed by atoms with van der Waals surface area (Å²) in [7, 11) is 0. The molecule has 0 atom stereocenters. The zero-order valence-electron chi connectivity index (χ0n) is 33.4. The summed E-state index contributed by atoms with van der Waals surface area (Å²) in [6.45, 7) is 13.4. The fourth-order valence-corrected chi connectivity index (χ4v) is 6.40. The molecule has 1 N–H and O–H groups in total. The van der Waals surface area contributed by atoms with Gasteiger partial charge in [-0.1, -0.05) is 90.5 Å². The number of hydrogen-bond acceptors (Lipinski definition) is 9. The van der Waals surface area contributed by atoms with E-state index >= 15 is 0 Å².